The molecule has 3 rings (SSSR count). The number of rotatable bonds is 8. The van der Waals surface area contributed by atoms with Crippen molar-refractivity contribution in [2.75, 3.05) is 12.4 Å². The predicted octanol–water partition coefficient (Wildman–Crippen LogP) is 3.09. The van der Waals surface area contributed by atoms with Crippen molar-refractivity contribution < 1.29 is 18.7 Å². The van der Waals surface area contributed by atoms with Crippen molar-refractivity contribution in [1.82, 2.24) is 15.1 Å². The van der Waals surface area contributed by atoms with E-state index in [9.17, 15) is 9.59 Å². The number of nitrogens with one attached hydrogen (secondary N) is 2. The highest BCUT2D eigenvalue weighted by molar-refractivity contribution is 6.06. The van der Waals surface area contributed by atoms with E-state index in [1.165, 1.54) is 12.3 Å². The van der Waals surface area contributed by atoms with Crippen molar-refractivity contribution in [1.29, 1.82) is 0 Å². The maximum Gasteiger partial charge on any atom is 0.274 e. The van der Waals surface area contributed by atoms with Crippen LogP contribution in [0.2, 0.25) is 0 Å². The molecule has 0 fully saturated rings. The van der Waals surface area contributed by atoms with Crippen LogP contribution in [0.25, 0.3) is 6.08 Å². The number of carbonyl (C=O) groups is 2. The Morgan fingerprint density at radius 3 is 2.69 bits per heavy atom. The summed E-state index contributed by atoms with van der Waals surface area (Å²) in [6.45, 7) is 2.69. The number of nitrogens with zero attached hydrogens (tertiary/aromatic N) is 2. The number of furan rings is 1. The van der Waals surface area contributed by atoms with Gasteiger partial charge in [-0.2, -0.15) is 5.10 Å². The molecule has 0 aliphatic heterocycles. The highest BCUT2D eigenvalue weighted by atomic mass is 16.5. The molecule has 0 radical (unpaired) electrons. The zero-order chi connectivity index (χ0) is 20.6. The van der Waals surface area contributed by atoms with E-state index >= 15 is 0 Å². The lowest BCUT2D eigenvalue weighted by Crippen LogP contribution is -2.24. The Morgan fingerprint density at radius 2 is 2.03 bits per heavy atom. The molecule has 0 atom stereocenters. The van der Waals surface area contributed by atoms with Crippen LogP contribution in [0.3, 0.4) is 0 Å². The standard InChI is InChI=1S/C21H22N4O4/c1-3-25-14-18(20(24-25)21(27)22-13-17-5-4-12-29-17)23-19(26)11-8-15-6-9-16(28-2)10-7-15/h4-12,14H,3,13H2,1-2H3,(H,22,27)(H,23,26)/b11-8+. The van der Waals surface area contributed by atoms with Crippen LogP contribution in [0.5, 0.6) is 5.75 Å². The molecule has 0 spiro atoms. The summed E-state index contributed by atoms with van der Waals surface area (Å²) in [6, 6.07) is 10.8. The van der Waals surface area contributed by atoms with Crippen LogP contribution in [-0.2, 0) is 17.9 Å². The van der Waals surface area contributed by atoms with Gasteiger partial charge in [0.15, 0.2) is 5.69 Å². The van der Waals surface area contributed by atoms with Gasteiger partial charge in [0.2, 0.25) is 5.91 Å². The smallest absolute Gasteiger partial charge is 0.274 e. The Labute approximate surface area is 168 Å². The lowest BCUT2D eigenvalue weighted by atomic mass is 10.2. The van der Waals surface area contributed by atoms with Crippen molar-refractivity contribution in [3.63, 3.8) is 0 Å². The van der Waals surface area contributed by atoms with Crippen molar-refractivity contribution >= 4 is 23.6 Å². The Kier molecular flexibility index (Phi) is 6.47. The first-order valence-corrected chi connectivity index (χ1v) is 9.10. The maximum atomic E-state index is 12.5. The summed E-state index contributed by atoms with van der Waals surface area (Å²) in [7, 11) is 1.59. The fourth-order valence-electron chi connectivity index (χ4n) is 2.57. The molecule has 2 heterocycles. The van der Waals surface area contributed by atoms with Gasteiger partial charge in [-0.1, -0.05) is 12.1 Å². The quantitative estimate of drug-likeness (QED) is 0.572. The van der Waals surface area contributed by atoms with Gasteiger partial charge in [0.1, 0.15) is 11.5 Å². The van der Waals surface area contributed by atoms with Crippen molar-refractivity contribution in [3.05, 3.63) is 72.0 Å². The van der Waals surface area contributed by atoms with Gasteiger partial charge in [-0.3, -0.25) is 14.3 Å². The third-order valence-electron chi connectivity index (χ3n) is 4.10. The maximum absolute atomic E-state index is 12.5. The summed E-state index contributed by atoms with van der Waals surface area (Å²) in [6.07, 6.45) is 6.24. The summed E-state index contributed by atoms with van der Waals surface area (Å²) >= 11 is 0. The monoisotopic (exact) mass is 394 g/mol. The molecule has 2 N–H and O–H groups in total. The molecule has 0 saturated carbocycles. The zero-order valence-corrected chi connectivity index (χ0v) is 16.2. The van der Waals surface area contributed by atoms with Gasteiger partial charge in [0, 0.05) is 18.8 Å². The number of aromatic nitrogens is 2. The molecule has 0 aliphatic rings. The van der Waals surface area contributed by atoms with E-state index in [0.717, 1.165) is 11.3 Å². The van der Waals surface area contributed by atoms with Gasteiger partial charge >= 0.3 is 0 Å². The molecule has 0 aliphatic carbocycles. The van der Waals surface area contributed by atoms with E-state index in [2.05, 4.69) is 15.7 Å². The number of hydrogen-bond acceptors (Lipinski definition) is 5. The van der Waals surface area contributed by atoms with E-state index in [1.807, 2.05) is 31.2 Å². The summed E-state index contributed by atoms with van der Waals surface area (Å²) in [5.41, 5.74) is 1.33. The summed E-state index contributed by atoms with van der Waals surface area (Å²) in [4.78, 5) is 24.8. The van der Waals surface area contributed by atoms with Crippen molar-refractivity contribution in [3.8, 4) is 5.75 Å². The average molecular weight is 394 g/mol. The average Bonchev–Trinajstić information content (AvgIpc) is 3.40. The lowest BCUT2D eigenvalue weighted by molar-refractivity contribution is -0.111. The fraction of sp³-hybridized carbons (Fsp3) is 0.190. The molecule has 0 bridgehead atoms. The lowest BCUT2D eigenvalue weighted by Gasteiger charge is -2.04. The number of aryl methyl sites for hydroxylation is 1. The summed E-state index contributed by atoms with van der Waals surface area (Å²) in [5, 5.41) is 9.69. The van der Waals surface area contributed by atoms with Crippen LogP contribution >= 0.6 is 0 Å². The summed E-state index contributed by atoms with van der Waals surface area (Å²) < 4.78 is 11.9. The number of ether oxygens (including phenoxy) is 1. The number of amides is 2. The van der Waals surface area contributed by atoms with Gasteiger partial charge in [0.25, 0.3) is 5.91 Å². The molecule has 2 amide bonds. The Balaban J connectivity index is 1.67. The molecule has 0 saturated heterocycles. The van der Waals surface area contributed by atoms with Crippen molar-refractivity contribution in [2.45, 2.75) is 20.0 Å². The summed E-state index contributed by atoms with van der Waals surface area (Å²) in [5.74, 6) is 0.602. The molecular weight excluding hydrogens is 372 g/mol. The van der Waals surface area contributed by atoms with E-state index in [-0.39, 0.29) is 18.1 Å². The van der Waals surface area contributed by atoms with Crippen LogP contribution < -0.4 is 15.4 Å². The zero-order valence-electron chi connectivity index (χ0n) is 16.2. The third kappa shape index (κ3) is 5.35. The minimum Gasteiger partial charge on any atom is -0.497 e. The van der Waals surface area contributed by atoms with Crippen LogP contribution in [0.4, 0.5) is 5.69 Å². The molecule has 2 aromatic heterocycles. The second-order valence-corrected chi connectivity index (χ2v) is 6.10. The van der Waals surface area contributed by atoms with Gasteiger partial charge in [-0.25, -0.2) is 0 Å². The topological polar surface area (TPSA) is 98.4 Å². The van der Waals surface area contributed by atoms with Crippen LogP contribution in [0.15, 0.2) is 59.4 Å². The molecular formula is C21H22N4O4. The highest BCUT2D eigenvalue weighted by Gasteiger charge is 2.18. The van der Waals surface area contributed by atoms with Crippen LogP contribution in [0.1, 0.15) is 28.7 Å². The molecule has 29 heavy (non-hydrogen) atoms. The largest absolute Gasteiger partial charge is 0.497 e. The van der Waals surface area contributed by atoms with Crippen molar-refractivity contribution in [2.24, 2.45) is 0 Å². The van der Waals surface area contributed by atoms with E-state index in [1.54, 1.807) is 36.2 Å². The number of methoxy groups -OCH3 is 1. The molecule has 1 aromatic carbocycles. The highest BCUT2D eigenvalue weighted by Crippen LogP contribution is 2.16. The number of carbonyl (C=O) groups excluding carboxylic acids is 2. The first-order chi connectivity index (χ1) is 14.1. The molecule has 8 heteroatoms. The third-order valence-corrected chi connectivity index (χ3v) is 4.10. The first-order valence-electron chi connectivity index (χ1n) is 9.10. The predicted molar refractivity (Wildman–Crippen MR) is 108 cm³/mol. The van der Waals surface area contributed by atoms with Gasteiger partial charge in [-0.05, 0) is 42.8 Å². The molecule has 8 nitrogen and oxygen atoms in total. The van der Waals surface area contributed by atoms with Gasteiger partial charge < -0.3 is 19.8 Å². The Morgan fingerprint density at radius 1 is 1.24 bits per heavy atom. The SMILES string of the molecule is CCn1cc(NC(=O)/C=C/c2ccc(OC)cc2)c(C(=O)NCc2ccco2)n1. The van der Waals surface area contributed by atoms with Gasteiger partial charge in [-0.15, -0.1) is 0 Å². The molecule has 3 aromatic rings. The van der Waals surface area contributed by atoms with E-state index < -0.39 is 5.91 Å². The minimum atomic E-state index is -0.400. The molecule has 150 valence electrons. The number of anilines is 1. The first kappa shape index (κ1) is 19.9. The second-order valence-electron chi connectivity index (χ2n) is 6.10. The fourth-order valence-corrected chi connectivity index (χ4v) is 2.57. The molecule has 0 unspecified atom stereocenters. The van der Waals surface area contributed by atoms with E-state index in [0.29, 0.717) is 18.0 Å². The number of hydrogen-bond donors (Lipinski definition) is 2. The normalized spacial score (nSPS) is 10.8. The van der Waals surface area contributed by atoms with Gasteiger partial charge in [0.05, 0.1) is 25.6 Å². The minimum absolute atomic E-state index is 0.143. The number of benzene rings is 1. The van der Waals surface area contributed by atoms with Crippen LogP contribution in [-0.4, -0.2) is 28.7 Å². The van der Waals surface area contributed by atoms with E-state index in [4.69, 9.17) is 9.15 Å². The second kappa shape index (κ2) is 9.41. The Hall–Kier alpha value is -3.81. The van der Waals surface area contributed by atoms with Crippen LogP contribution in [0, 0.1) is 0 Å². The Bertz CT molecular complexity index is 988.